The molecule has 19 heavy (non-hydrogen) atoms. The van der Waals surface area contributed by atoms with Crippen LogP contribution in [0.25, 0.3) is 0 Å². The van der Waals surface area contributed by atoms with E-state index in [4.69, 9.17) is 23.2 Å². The van der Waals surface area contributed by atoms with Crippen LogP contribution in [0.15, 0.2) is 18.2 Å². The van der Waals surface area contributed by atoms with Crippen LogP contribution in [0, 0.1) is 5.41 Å². The molecule has 0 aliphatic carbocycles. The van der Waals surface area contributed by atoms with Crippen molar-refractivity contribution in [2.24, 2.45) is 5.41 Å². The second kappa shape index (κ2) is 5.59. The number of carbonyl (C=O) groups is 1. The van der Waals surface area contributed by atoms with E-state index in [0.29, 0.717) is 0 Å². The molecule has 0 atom stereocenters. The number of hydrogen-bond acceptors (Lipinski definition) is 1. The monoisotopic (exact) mass is 313 g/mol. The zero-order valence-corrected chi connectivity index (χ0v) is 11.7. The van der Waals surface area contributed by atoms with Crippen LogP contribution >= 0.6 is 23.2 Å². The Morgan fingerprint density at radius 3 is 2.37 bits per heavy atom. The zero-order chi connectivity index (χ0) is 14.8. The normalized spacial score (nSPS) is 12.4. The average Bonchev–Trinajstić information content (AvgIpc) is 2.30. The van der Waals surface area contributed by atoms with E-state index in [9.17, 15) is 18.0 Å². The number of anilines is 1. The summed E-state index contributed by atoms with van der Waals surface area (Å²) in [4.78, 5) is 11.8. The van der Waals surface area contributed by atoms with Gasteiger partial charge in [0, 0.05) is 10.9 Å². The fourth-order valence-corrected chi connectivity index (χ4v) is 1.51. The highest BCUT2D eigenvalue weighted by Crippen LogP contribution is 2.37. The summed E-state index contributed by atoms with van der Waals surface area (Å²) < 4.78 is 38.5. The number of halogens is 5. The largest absolute Gasteiger partial charge is 0.418 e. The van der Waals surface area contributed by atoms with Crippen LogP contribution in [-0.2, 0) is 11.0 Å². The molecule has 0 unspecified atom stereocenters. The number of carbonyl (C=O) groups excluding carboxylic acids is 1. The summed E-state index contributed by atoms with van der Waals surface area (Å²) in [7, 11) is 0. The van der Waals surface area contributed by atoms with Crippen LogP contribution in [-0.4, -0.2) is 11.8 Å². The Hall–Kier alpha value is -0.940. The van der Waals surface area contributed by atoms with E-state index in [1.54, 1.807) is 13.8 Å². The van der Waals surface area contributed by atoms with Gasteiger partial charge in [-0.15, -0.1) is 11.6 Å². The van der Waals surface area contributed by atoms with Gasteiger partial charge < -0.3 is 5.32 Å². The molecule has 0 saturated heterocycles. The van der Waals surface area contributed by atoms with Gasteiger partial charge in [-0.1, -0.05) is 11.6 Å². The van der Waals surface area contributed by atoms with Crippen LogP contribution in [0.4, 0.5) is 18.9 Å². The third-order valence-electron chi connectivity index (χ3n) is 2.48. The number of hydrogen-bond donors (Lipinski definition) is 1. The SMILES string of the molecule is CC(C)(CCl)C(=O)Nc1ccc(Cl)cc1C(F)(F)F. The highest BCUT2D eigenvalue weighted by Gasteiger charge is 2.35. The summed E-state index contributed by atoms with van der Waals surface area (Å²) >= 11 is 11.1. The van der Waals surface area contributed by atoms with Gasteiger partial charge in [-0.25, -0.2) is 0 Å². The lowest BCUT2D eigenvalue weighted by Crippen LogP contribution is -2.32. The minimum Gasteiger partial charge on any atom is -0.325 e. The molecule has 0 aliphatic rings. The van der Waals surface area contributed by atoms with Crippen LogP contribution in [0.5, 0.6) is 0 Å². The lowest BCUT2D eigenvalue weighted by Gasteiger charge is -2.22. The van der Waals surface area contributed by atoms with Crippen LogP contribution in [0.3, 0.4) is 0 Å². The Bertz CT molecular complexity index is 486. The topological polar surface area (TPSA) is 29.1 Å². The first-order chi connectivity index (χ1) is 8.58. The van der Waals surface area contributed by atoms with Gasteiger partial charge in [-0.3, -0.25) is 4.79 Å². The van der Waals surface area contributed by atoms with Crippen LogP contribution < -0.4 is 5.32 Å². The van der Waals surface area contributed by atoms with Crippen molar-refractivity contribution >= 4 is 34.8 Å². The van der Waals surface area contributed by atoms with Gasteiger partial charge in [0.25, 0.3) is 0 Å². The number of rotatable bonds is 3. The van der Waals surface area contributed by atoms with Gasteiger partial charge in [0.05, 0.1) is 16.7 Å². The quantitative estimate of drug-likeness (QED) is 0.814. The van der Waals surface area contributed by atoms with Gasteiger partial charge >= 0.3 is 6.18 Å². The molecule has 0 aliphatic heterocycles. The Kier molecular flexibility index (Phi) is 4.74. The first-order valence-electron chi connectivity index (χ1n) is 5.32. The molecule has 0 aromatic heterocycles. The summed E-state index contributed by atoms with van der Waals surface area (Å²) in [5.74, 6) is -0.594. The minimum absolute atomic E-state index is 0.00618. The first kappa shape index (κ1) is 16.1. The van der Waals surface area contributed by atoms with Gasteiger partial charge in [-0.05, 0) is 32.0 Å². The number of benzene rings is 1. The molecule has 106 valence electrons. The van der Waals surface area contributed by atoms with Crippen LogP contribution in [0.2, 0.25) is 5.02 Å². The average molecular weight is 314 g/mol. The minimum atomic E-state index is -4.60. The number of amides is 1. The fourth-order valence-electron chi connectivity index (χ4n) is 1.21. The smallest absolute Gasteiger partial charge is 0.325 e. The molecule has 0 saturated carbocycles. The van der Waals surface area contributed by atoms with Crippen molar-refractivity contribution in [3.63, 3.8) is 0 Å². The van der Waals surface area contributed by atoms with E-state index in [0.717, 1.165) is 12.1 Å². The molecule has 0 fully saturated rings. The van der Waals surface area contributed by atoms with Crippen molar-refractivity contribution in [1.82, 2.24) is 0 Å². The molecule has 0 spiro atoms. The third-order valence-corrected chi connectivity index (χ3v) is 3.39. The molecule has 1 rings (SSSR count). The molecule has 1 N–H and O–H groups in total. The second-order valence-electron chi connectivity index (χ2n) is 4.66. The molecule has 7 heteroatoms. The Morgan fingerprint density at radius 2 is 1.89 bits per heavy atom. The van der Waals surface area contributed by atoms with E-state index < -0.39 is 23.1 Å². The third kappa shape index (κ3) is 4.01. The molecule has 1 amide bonds. The van der Waals surface area contributed by atoms with E-state index in [1.807, 2.05) is 0 Å². The van der Waals surface area contributed by atoms with Crippen molar-refractivity contribution in [3.8, 4) is 0 Å². The van der Waals surface area contributed by atoms with Crippen molar-refractivity contribution in [2.45, 2.75) is 20.0 Å². The Labute approximate surface area is 118 Å². The van der Waals surface area contributed by atoms with Crippen molar-refractivity contribution in [3.05, 3.63) is 28.8 Å². The lowest BCUT2D eigenvalue weighted by atomic mass is 9.95. The lowest BCUT2D eigenvalue weighted by molar-refractivity contribution is -0.137. The first-order valence-corrected chi connectivity index (χ1v) is 6.23. The van der Waals surface area contributed by atoms with Gasteiger partial charge in [0.1, 0.15) is 0 Å². The predicted octanol–water partition coefficient (Wildman–Crippen LogP) is 4.56. The summed E-state index contributed by atoms with van der Waals surface area (Å²) in [6.07, 6.45) is -4.60. The number of alkyl halides is 4. The molecule has 0 bridgehead atoms. The molecular formula is C12H12Cl2F3NO. The van der Waals surface area contributed by atoms with Crippen LogP contribution in [0.1, 0.15) is 19.4 Å². The number of nitrogens with one attached hydrogen (secondary N) is 1. The maximum atomic E-state index is 12.8. The molecule has 1 aromatic rings. The summed E-state index contributed by atoms with van der Waals surface area (Å²) in [5.41, 5.74) is -2.29. The summed E-state index contributed by atoms with van der Waals surface area (Å²) in [6.45, 7) is 3.08. The van der Waals surface area contributed by atoms with Crippen molar-refractivity contribution in [2.75, 3.05) is 11.2 Å². The predicted molar refractivity (Wildman–Crippen MR) is 69.6 cm³/mol. The fraction of sp³-hybridized carbons (Fsp3) is 0.417. The van der Waals surface area contributed by atoms with Gasteiger partial charge in [-0.2, -0.15) is 13.2 Å². The van der Waals surface area contributed by atoms with E-state index >= 15 is 0 Å². The van der Waals surface area contributed by atoms with Crippen molar-refractivity contribution < 1.29 is 18.0 Å². The van der Waals surface area contributed by atoms with Crippen molar-refractivity contribution in [1.29, 1.82) is 0 Å². The molecule has 0 radical (unpaired) electrons. The van der Waals surface area contributed by atoms with Gasteiger partial charge in [0.2, 0.25) is 5.91 Å². The van der Waals surface area contributed by atoms with E-state index in [2.05, 4.69) is 5.32 Å². The second-order valence-corrected chi connectivity index (χ2v) is 5.36. The molecule has 2 nitrogen and oxygen atoms in total. The maximum Gasteiger partial charge on any atom is 0.418 e. The molecule has 1 aromatic carbocycles. The highest BCUT2D eigenvalue weighted by molar-refractivity contribution is 6.30. The highest BCUT2D eigenvalue weighted by atomic mass is 35.5. The van der Waals surface area contributed by atoms with E-state index in [1.165, 1.54) is 6.07 Å². The zero-order valence-electron chi connectivity index (χ0n) is 10.2. The Balaban J connectivity index is 3.12. The van der Waals surface area contributed by atoms with E-state index in [-0.39, 0.29) is 16.6 Å². The molecular weight excluding hydrogens is 302 g/mol. The summed E-state index contributed by atoms with van der Waals surface area (Å²) in [5, 5.41) is 2.18. The van der Waals surface area contributed by atoms with Gasteiger partial charge in [0.15, 0.2) is 0 Å². The Morgan fingerprint density at radius 1 is 1.32 bits per heavy atom. The molecule has 0 heterocycles. The maximum absolute atomic E-state index is 12.8. The standard InChI is InChI=1S/C12H12Cl2F3NO/c1-11(2,6-13)10(19)18-9-4-3-7(14)5-8(9)12(15,16)17/h3-5H,6H2,1-2H3,(H,18,19). The summed E-state index contributed by atoms with van der Waals surface area (Å²) in [6, 6.07) is 3.17.